The molecule has 0 saturated carbocycles. The molecule has 1 aromatic rings. The number of anilines is 1. The van der Waals surface area contributed by atoms with Crippen LogP contribution in [0.2, 0.25) is 0 Å². The van der Waals surface area contributed by atoms with Gasteiger partial charge in [0.25, 0.3) is 0 Å². The number of nitrogens with zero attached hydrogens (tertiary/aromatic N) is 4. The van der Waals surface area contributed by atoms with Crippen LogP contribution in [0.25, 0.3) is 0 Å². The van der Waals surface area contributed by atoms with Crippen LogP contribution in [-0.4, -0.2) is 67.9 Å². The number of ether oxygens (including phenoxy) is 2. The van der Waals surface area contributed by atoms with E-state index in [1.54, 1.807) is 12.4 Å². The fourth-order valence-corrected chi connectivity index (χ4v) is 3.13. The molecule has 0 radical (unpaired) electrons. The second-order valence-corrected chi connectivity index (χ2v) is 5.86. The van der Waals surface area contributed by atoms with E-state index < -0.39 is 0 Å². The number of aromatic nitrogens is 2. The van der Waals surface area contributed by atoms with Gasteiger partial charge in [0.15, 0.2) is 5.82 Å². The van der Waals surface area contributed by atoms with Crippen molar-refractivity contribution in [2.75, 3.05) is 51.9 Å². The Morgan fingerprint density at radius 2 is 1.90 bits per heavy atom. The molecular weight excluding hydrogens is 268 g/mol. The number of rotatable bonds is 3. The standard InChI is InChI=1S/C15H24N4O2/c1-18(2)15-14(16-5-6-17-15)13-11-19(7-10-21-13)12-3-8-20-9-4-12/h5-6,12-13H,3-4,7-11H2,1-2H3/t13-/m0/s1. The first kappa shape index (κ1) is 14.7. The van der Waals surface area contributed by atoms with Crippen molar-refractivity contribution in [3.8, 4) is 0 Å². The highest BCUT2D eigenvalue weighted by atomic mass is 16.5. The molecule has 2 saturated heterocycles. The van der Waals surface area contributed by atoms with E-state index in [2.05, 4.69) is 14.9 Å². The SMILES string of the molecule is CN(C)c1nccnc1[C@@H]1CN(C2CCOCC2)CCO1. The molecule has 0 N–H and O–H groups in total. The summed E-state index contributed by atoms with van der Waals surface area (Å²) < 4.78 is 11.4. The van der Waals surface area contributed by atoms with Crippen LogP contribution in [0.1, 0.15) is 24.6 Å². The molecule has 21 heavy (non-hydrogen) atoms. The molecule has 116 valence electrons. The maximum atomic E-state index is 5.97. The van der Waals surface area contributed by atoms with Crippen LogP contribution in [0.3, 0.4) is 0 Å². The topological polar surface area (TPSA) is 50.7 Å². The summed E-state index contributed by atoms with van der Waals surface area (Å²) in [5.41, 5.74) is 0.944. The molecule has 6 nitrogen and oxygen atoms in total. The van der Waals surface area contributed by atoms with E-state index >= 15 is 0 Å². The number of hydrogen-bond acceptors (Lipinski definition) is 6. The summed E-state index contributed by atoms with van der Waals surface area (Å²) in [4.78, 5) is 13.5. The van der Waals surface area contributed by atoms with E-state index in [0.29, 0.717) is 6.04 Å². The second-order valence-electron chi connectivity index (χ2n) is 5.86. The summed E-state index contributed by atoms with van der Waals surface area (Å²) in [7, 11) is 3.99. The Hall–Kier alpha value is -1.24. The third kappa shape index (κ3) is 3.33. The average Bonchev–Trinajstić information content (AvgIpc) is 2.56. The predicted octanol–water partition coefficient (Wildman–Crippen LogP) is 1.09. The molecule has 0 spiro atoms. The molecule has 1 atom stereocenters. The van der Waals surface area contributed by atoms with Gasteiger partial charge in [-0.2, -0.15) is 0 Å². The predicted molar refractivity (Wildman–Crippen MR) is 80.5 cm³/mol. The Morgan fingerprint density at radius 1 is 1.14 bits per heavy atom. The van der Waals surface area contributed by atoms with Gasteiger partial charge in [0.2, 0.25) is 0 Å². The van der Waals surface area contributed by atoms with E-state index in [9.17, 15) is 0 Å². The first-order valence-corrected chi connectivity index (χ1v) is 7.67. The van der Waals surface area contributed by atoms with Gasteiger partial charge < -0.3 is 14.4 Å². The van der Waals surface area contributed by atoms with Crippen molar-refractivity contribution in [1.82, 2.24) is 14.9 Å². The summed E-state index contributed by atoms with van der Waals surface area (Å²) >= 11 is 0. The summed E-state index contributed by atoms with van der Waals surface area (Å²) in [5.74, 6) is 0.899. The zero-order chi connectivity index (χ0) is 14.7. The molecule has 3 heterocycles. The fourth-order valence-electron chi connectivity index (χ4n) is 3.13. The molecule has 6 heteroatoms. The molecule has 0 aromatic carbocycles. The Balaban J connectivity index is 1.73. The highest BCUT2D eigenvalue weighted by Crippen LogP contribution is 2.28. The zero-order valence-corrected chi connectivity index (χ0v) is 12.9. The van der Waals surface area contributed by atoms with Crippen LogP contribution >= 0.6 is 0 Å². The van der Waals surface area contributed by atoms with Gasteiger partial charge in [-0.1, -0.05) is 0 Å². The Bertz CT molecular complexity index is 463. The zero-order valence-electron chi connectivity index (χ0n) is 12.9. The van der Waals surface area contributed by atoms with Gasteiger partial charge in [-0.15, -0.1) is 0 Å². The molecule has 0 bridgehead atoms. The highest BCUT2D eigenvalue weighted by molar-refractivity contribution is 5.42. The van der Waals surface area contributed by atoms with Gasteiger partial charge >= 0.3 is 0 Å². The quantitative estimate of drug-likeness (QED) is 0.831. The Morgan fingerprint density at radius 3 is 2.67 bits per heavy atom. The minimum absolute atomic E-state index is 0.00712. The molecule has 0 amide bonds. The lowest BCUT2D eigenvalue weighted by Crippen LogP contribution is -2.47. The van der Waals surface area contributed by atoms with E-state index in [0.717, 1.165) is 57.3 Å². The van der Waals surface area contributed by atoms with Crippen molar-refractivity contribution in [3.63, 3.8) is 0 Å². The molecule has 2 aliphatic rings. The maximum absolute atomic E-state index is 5.97. The van der Waals surface area contributed by atoms with Crippen LogP contribution in [0.4, 0.5) is 5.82 Å². The van der Waals surface area contributed by atoms with E-state index in [-0.39, 0.29) is 6.10 Å². The summed E-state index contributed by atoms with van der Waals surface area (Å²) in [6.07, 6.45) is 5.73. The lowest BCUT2D eigenvalue weighted by Gasteiger charge is -2.40. The molecule has 0 unspecified atom stereocenters. The molecule has 2 aliphatic heterocycles. The average molecular weight is 292 g/mol. The largest absolute Gasteiger partial charge is 0.381 e. The smallest absolute Gasteiger partial charge is 0.152 e. The van der Waals surface area contributed by atoms with Crippen molar-refractivity contribution in [1.29, 1.82) is 0 Å². The third-order valence-corrected chi connectivity index (χ3v) is 4.24. The first-order valence-electron chi connectivity index (χ1n) is 7.67. The molecular formula is C15H24N4O2. The highest BCUT2D eigenvalue weighted by Gasteiger charge is 2.30. The van der Waals surface area contributed by atoms with Gasteiger partial charge in [-0.05, 0) is 12.8 Å². The van der Waals surface area contributed by atoms with Crippen LogP contribution in [0.15, 0.2) is 12.4 Å². The first-order chi connectivity index (χ1) is 10.3. The van der Waals surface area contributed by atoms with Crippen molar-refractivity contribution in [2.45, 2.75) is 25.0 Å². The van der Waals surface area contributed by atoms with E-state index in [1.165, 1.54) is 0 Å². The Kier molecular flexibility index (Phi) is 4.67. The van der Waals surface area contributed by atoms with Crippen LogP contribution in [0, 0.1) is 0 Å². The Labute approximate surface area is 126 Å². The van der Waals surface area contributed by atoms with Crippen LogP contribution in [0.5, 0.6) is 0 Å². The van der Waals surface area contributed by atoms with Gasteiger partial charge in [-0.3, -0.25) is 9.88 Å². The van der Waals surface area contributed by atoms with E-state index in [1.807, 2.05) is 19.0 Å². The van der Waals surface area contributed by atoms with Gasteiger partial charge in [0, 0.05) is 58.8 Å². The summed E-state index contributed by atoms with van der Waals surface area (Å²) in [5, 5.41) is 0. The number of hydrogen-bond donors (Lipinski definition) is 0. The van der Waals surface area contributed by atoms with Crippen LogP contribution < -0.4 is 4.90 Å². The minimum Gasteiger partial charge on any atom is -0.381 e. The molecule has 2 fully saturated rings. The van der Waals surface area contributed by atoms with Crippen molar-refractivity contribution in [3.05, 3.63) is 18.1 Å². The molecule has 1 aromatic heterocycles. The second kappa shape index (κ2) is 6.68. The van der Waals surface area contributed by atoms with Gasteiger partial charge in [0.05, 0.1) is 6.61 Å². The summed E-state index contributed by atoms with van der Waals surface area (Å²) in [6.45, 7) is 4.40. The normalized spacial score (nSPS) is 25.0. The molecule has 3 rings (SSSR count). The van der Waals surface area contributed by atoms with Crippen LogP contribution in [-0.2, 0) is 9.47 Å². The van der Waals surface area contributed by atoms with Gasteiger partial charge in [-0.25, -0.2) is 4.98 Å². The molecule has 0 aliphatic carbocycles. The summed E-state index contributed by atoms with van der Waals surface area (Å²) in [6, 6.07) is 0.615. The minimum atomic E-state index is 0.00712. The van der Waals surface area contributed by atoms with Crippen molar-refractivity contribution >= 4 is 5.82 Å². The maximum Gasteiger partial charge on any atom is 0.152 e. The fraction of sp³-hybridized carbons (Fsp3) is 0.733. The third-order valence-electron chi connectivity index (χ3n) is 4.24. The monoisotopic (exact) mass is 292 g/mol. The number of morpholine rings is 1. The van der Waals surface area contributed by atoms with E-state index in [4.69, 9.17) is 9.47 Å². The van der Waals surface area contributed by atoms with Crippen molar-refractivity contribution in [2.24, 2.45) is 0 Å². The van der Waals surface area contributed by atoms with Crippen molar-refractivity contribution < 1.29 is 9.47 Å². The lowest BCUT2D eigenvalue weighted by molar-refractivity contribution is -0.0646. The van der Waals surface area contributed by atoms with Gasteiger partial charge in [0.1, 0.15) is 11.8 Å². The lowest BCUT2D eigenvalue weighted by atomic mass is 10.0.